The lowest BCUT2D eigenvalue weighted by atomic mass is 10.00. The summed E-state index contributed by atoms with van der Waals surface area (Å²) < 4.78 is 13.3. The first-order valence-electron chi connectivity index (χ1n) is 4.27. The molecule has 0 fully saturated rings. The molecule has 0 spiro atoms. The standard InChI is InChI=1S/C10H10FNO/c1-7-3-2-4-8-5-6-9(13)12(11)10(7)8/h2-4H,5-6H2,1H3. The van der Waals surface area contributed by atoms with E-state index >= 15 is 0 Å². The summed E-state index contributed by atoms with van der Waals surface area (Å²) in [5.74, 6) is -0.443. The number of rotatable bonds is 0. The van der Waals surface area contributed by atoms with Crippen molar-refractivity contribution in [3.8, 4) is 0 Å². The van der Waals surface area contributed by atoms with E-state index in [4.69, 9.17) is 0 Å². The Balaban J connectivity index is 2.57. The molecule has 13 heavy (non-hydrogen) atoms. The molecule has 1 aliphatic heterocycles. The highest BCUT2D eigenvalue weighted by Gasteiger charge is 2.25. The zero-order chi connectivity index (χ0) is 9.42. The van der Waals surface area contributed by atoms with E-state index in [0.29, 0.717) is 12.1 Å². The maximum atomic E-state index is 13.3. The van der Waals surface area contributed by atoms with Crippen LogP contribution in [-0.4, -0.2) is 5.91 Å². The Labute approximate surface area is 75.9 Å². The third kappa shape index (κ3) is 1.20. The first kappa shape index (κ1) is 8.23. The van der Waals surface area contributed by atoms with Crippen LogP contribution in [-0.2, 0) is 11.2 Å². The monoisotopic (exact) mass is 179 g/mol. The van der Waals surface area contributed by atoms with Gasteiger partial charge in [-0.05, 0) is 24.5 Å². The maximum Gasteiger partial charge on any atom is 0.255 e. The molecule has 1 amide bonds. The second-order valence-corrected chi connectivity index (χ2v) is 3.26. The number of fused-ring (bicyclic) bond motifs is 1. The van der Waals surface area contributed by atoms with E-state index in [2.05, 4.69) is 0 Å². The predicted octanol–water partition coefficient (Wildman–Crippen LogP) is 2.16. The van der Waals surface area contributed by atoms with Crippen LogP contribution >= 0.6 is 0 Å². The lowest BCUT2D eigenvalue weighted by Crippen LogP contribution is -2.28. The Morgan fingerprint density at radius 2 is 2.15 bits per heavy atom. The first-order chi connectivity index (χ1) is 6.20. The normalized spacial score (nSPS) is 15.8. The molecule has 0 bridgehead atoms. The third-order valence-electron chi connectivity index (χ3n) is 2.34. The molecule has 1 aliphatic rings. The van der Waals surface area contributed by atoms with Crippen LogP contribution in [0.4, 0.5) is 10.2 Å². The van der Waals surface area contributed by atoms with E-state index in [1.54, 1.807) is 0 Å². The number of amides is 1. The molecule has 2 rings (SSSR count). The van der Waals surface area contributed by atoms with Crippen LogP contribution in [0.25, 0.3) is 0 Å². The zero-order valence-electron chi connectivity index (χ0n) is 7.38. The largest absolute Gasteiger partial charge is 0.272 e. The molecule has 0 aromatic heterocycles. The summed E-state index contributed by atoms with van der Waals surface area (Å²) in [5, 5.41) is 0.272. The van der Waals surface area contributed by atoms with Crippen LogP contribution in [0.2, 0.25) is 0 Å². The molecule has 1 aromatic rings. The molecule has 3 heteroatoms. The fourth-order valence-corrected chi connectivity index (χ4v) is 1.67. The Hall–Kier alpha value is -1.38. The van der Waals surface area contributed by atoms with E-state index in [0.717, 1.165) is 11.1 Å². The number of halogens is 1. The summed E-state index contributed by atoms with van der Waals surface area (Å²) in [7, 11) is 0. The molecule has 68 valence electrons. The van der Waals surface area contributed by atoms with Gasteiger partial charge < -0.3 is 0 Å². The molecule has 0 saturated heterocycles. The fourth-order valence-electron chi connectivity index (χ4n) is 1.67. The lowest BCUT2D eigenvalue weighted by molar-refractivity contribution is -0.121. The average molecular weight is 179 g/mol. The summed E-state index contributed by atoms with van der Waals surface area (Å²) in [6.45, 7) is 1.81. The van der Waals surface area contributed by atoms with Gasteiger partial charge in [0, 0.05) is 6.42 Å². The summed E-state index contributed by atoms with van der Waals surface area (Å²) in [4.78, 5) is 11.1. The minimum Gasteiger partial charge on any atom is -0.272 e. The molecule has 0 radical (unpaired) electrons. The Morgan fingerprint density at radius 3 is 2.92 bits per heavy atom. The van der Waals surface area contributed by atoms with Gasteiger partial charge in [0.1, 0.15) is 0 Å². The second-order valence-electron chi connectivity index (χ2n) is 3.26. The number of carbonyl (C=O) groups is 1. The van der Waals surface area contributed by atoms with Gasteiger partial charge in [-0.3, -0.25) is 4.79 Å². The van der Waals surface area contributed by atoms with Crippen molar-refractivity contribution in [2.45, 2.75) is 19.8 Å². The number of hydrogen-bond donors (Lipinski definition) is 0. The second kappa shape index (κ2) is 2.83. The molecular formula is C10H10FNO. The fraction of sp³-hybridized carbons (Fsp3) is 0.300. The van der Waals surface area contributed by atoms with Crippen molar-refractivity contribution in [2.75, 3.05) is 5.12 Å². The summed E-state index contributed by atoms with van der Waals surface area (Å²) >= 11 is 0. The Morgan fingerprint density at radius 1 is 1.38 bits per heavy atom. The van der Waals surface area contributed by atoms with Gasteiger partial charge in [0.15, 0.2) is 0 Å². The number of carbonyl (C=O) groups excluding carboxylic acids is 1. The lowest BCUT2D eigenvalue weighted by Gasteiger charge is -2.22. The van der Waals surface area contributed by atoms with Gasteiger partial charge in [0.25, 0.3) is 5.91 Å². The number of benzene rings is 1. The van der Waals surface area contributed by atoms with Crippen LogP contribution in [0, 0.1) is 6.92 Å². The zero-order valence-corrected chi connectivity index (χ0v) is 7.38. The van der Waals surface area contributed by atoms with Gasteiger partial charge in [0.2, 0.25) is 0 Å². The predicted molar refractivity (Wildman–Crippen MR) is 48.1 cm³/mol. The van der Waals surface area contributed by atoms with Crippen LogP contribution in [0.5, 0.6) is 0 Å². The van der Waals surface area contributed by atoms with Crippen molar-refractivity contribution in [3.05, 3.63) is 29.3 Å². The highest BCUT2D eigenvalue weighted by Crippen LogP contribution is 2.30. The van der Waals surface area contributed by atoms with Crippen molar-refractivity contribution in [1.29, 1.82) is 0 Å². The van der Waals surface area contributed by atoms with Crippen molar-refractivity contribution in [1.82, 2.24) is 0 Å². The molecule has 0 N–H and O–H groups in total. The summed E-state index contributed by atoms with van der Waals surface area (Å²) in [6.07, 6.45) is 0.920. The minimum absolute atomic E-state index is 0.271. The molecule has 0 atom stereocenters. The van der Waals surface area contributed by atoms with Gasteiger partial charge in [-0.1, -0.05) is 22.7 Å². The topological polar surface area (TPSA) is 20.3 Å². The van der Waals surface area contributed by atoms with E-state index < -0.39 is 5.91 Å². The molecule has 0 saturated carbocycles. The number of hydrogen-bond acceptors (Lipinski definition) is 1. The SMILES string of the molecule is Cc1cccc2c1N(F)C(=O)CC2. The quantitative estimate of drug-likeness (QED) is 0.559. The van der Waals surface area contributed by atoms with Gasteiger partial charge in [0.05, 0.1) is 5.69 Å². The molecule has 0 unspecified atom stereocenters. The first-order valence-corrected chi connectivity index (χ1v) is 4.27. The van der Waals surface area contributed by atoms with E-state index in [9.17, 15) is 9.28 Å². The minimum atomic E-state index is -0.443. The molecule has 0 aliphatic carbocycles. The van der Waals surface area contributed by atoms with E-state index in [1.165, 1.54) is 0 Å². The van der Waals surface area contributed by atoms with Crippen molar-refractivity contribution < 1.29 is 9.28 Å². The molecular weight excluding hydrogens is 169 g/mol. The van der Waals surface area contributed by atoms with Crippen LogP contribution < -0.4 is 5.12 Å². The highest BCUT2D eigenvalue weighted by atomic mass is 19.2. The summed E-state index contributed by atoms with van der Waals surface area (Å²) in [5.41, 5.74) is 2.17. The molecule has 2 nitrogen and oxygen atoms in total. The Kier molecular flexibility index (Phi) is 1.79. The number of nitrogens with zero attached hydrogens (tertiary/aromatic N) is 1. The number of aryl methyl sites for hydroxylation is 2. The van der Waals surface area contributed by atoms with Crippen molar-refractivity contribution >= 4 is 11.6 Å². The van der Waals surface area contributed by atoms with E-state index in [1.807, 2.05) is 25.1 Å². The highest BCUT2D eigenvalue weighted by molar-refractivity contribution is 5.95. The van der Waals surface area contributed by atoms with E-state index in [-0.39, 0.29) is 11.5 Å². The van der Waals surface area contributed by atoms with Crippen molar-refractivity contribution in [3.63, 3.8) is 0 Å². The van der Waals surface area contributed by atoms with Crippen LogP contribution in [0.15, 0.2) is 18.2 Å². The van der Waals surface area contributed by atoms with Gasteiger partial charge in [-0.25, -0.2) is 0 Å². The maximum absolute atomic E-state index is 13.3. The van der Waals surface area contributed by atoms with Gasteiger partial charge in [-0.15, -0.1) is 5.12 Å². The number of anilines is 1. The number of para-hydroxylation sites is 1. The van der Waals surface area contributed by atoms with Crippen LogP contribution in [0.3, 0.4) is 0 Å². The average Bonchev–Trinajstić information content (AvgIpc) is 2.12. The van der Waals surface area contributed by atoms with Gasteiger partial charge >= 0.3 is 0 Å². The molecule has 1 heterocycles. The van der Waals surface area contributed by atoms with Crippen molar-refractivity contribution in [2.24, 2.45) is 0 Å². The Bertz CT molecular complexity index is 362. The molecule has 1 aromatic carbocycles. The van der Waals surface area contributed by atoms with Gasteiger partial charge in [-0.2, -0.15) is 0 Å². The van der Waals surface area contributed by atoms with Crippen LogP contribution in [0.1, 0.15) is 17.5 Å². The summed E-state index contributed by atoms with van der Waals surface area (Å²) in [6, 6.07) is 5.56. The smallest absolute Gasteiger partial charge is 0.255 e. The third-order valence-corrected chi connectivity index (χ3v) is 2.34.